The number of hydrogen-bond donors (Lipinski definition) is 2. The molecule has 2 aliphatic rings. The zero-order valence-electron chi connectivity index (χ0n) is 12.7. The minimum absolute atomic E-state index is 0.0931. The van der Waals surface area contributed by atoms with Crippen LogP contribution < -0.4 is 5.32 Å². The smallest absolute Gasteiger partial charge is 0.0580 e. The number of hydrogen-bond acceptors (Lipinski definition) is 2. The molecule has 20 heavy (non-hydrogen) atoms. The Morgan fingerprint density at radius 1 is 1.25 bits per heavy atom. The summed E-state index contributed by atoms with van der Waals surface area (Å²) in [6.45, 7) is 5.68. The number of aryl methyl sites for hydroxylation is 1. The molecule has 1 saturated carbocycles. The summed E-state index contributed by atoms with van der Waals surface area (Å²) in [4.78, 5) is 0. The lowest BCUT2D eigenvalue weighted by atomic mass is 9.70. The van der Waals surface area contributed by atoms with Crippen LogP contribution in [-0.2, 0) is 6.42 Å². The van der Waals surface area contributed by atoms with Crippen molar-refractivity contribution in [2.24, 2.45) is 11.3 Å². The predicted molar refractivity (Wildman–Crippen MR) is 82.6 cm³/mol. The van der Waals surface area contributed by atoms with Gasteiger partial charge in [0.1, 0.15) is 0 Å². The molecule has 1 aromatic rings. The highest BCUT2D eigenvalue weighted by molar-refractivity contribution is 5.34. The van der Waals surface area contributed by atoms with Gasteiger partial charge >= 0.3 is 0 Å². The summed E-state index contributed by atoms with van der Waals surface area (Å²) in [5, 5.41) is 13.8. The van der Waals surface area contributed by atoms with E-state index >= 15 is 0 Å². The molecule has 2 nitrogen and oxygen atoms in total. The van der Waals surface area contributed by atoms with Crippen LogP contribution in [0.4, 0.5) is 0 Å². The van der Waals surface area contributed by atoms with Gasteiger partial charge in [0.2, 0.25) is 0 Å². The molecular weight excluding hydrogens is 246 g/mol. The van der Waals surface area contributed by atoms with Crippen LogP contribution in [0.3, 0.4) is 0 Å². The van der Waals surface area contributed by atoms with Gasteiger partial charge in [-0.05, 0) is 48.1 Å². The van der Waals surface area contributed by atoms with Gasteiger partial charge in [-0.15, -0.1) is 0 Å². The molecule has 0 radical (unpaired) electrons. The fourth-order valence-corrected chi connectivity index (χ4v) is 3.98. The molecule has 3 rings (SSSR count). The lowest BCUT2D eigenvalue weighted by Gasteiger charge is -2.41. The fourth-order valence-electron chi connectivity index (χ4n) is 3.98. The van der Waals surface area contributed by atoms with Crippen LogP contribution in [-0.4, -0.2) is 17.8 Å². The first-order valence-corrected chi connectivity index (χ1v) is 8.07. The standard InChI is InChI=1S/C18H27NO/c1-18(2)11-10-13-6-3-4-8-15(13)17(18)19-12-14-7-5-9-16(14)20/h3-4,6,8,14,16-17,19-20H,5,7,9-12H2,1-2H3. The summed E-state index contributed by atoms with van der Waals surface area (Å²) in [7, 11) is 0. The quantitative estimate of drug-likeness (QED) is 0.884. The first kappa shape index (κ1) is 14.1. The van der Waals surface area contributed by atoms with Crippen molar-refractivity contribution in [2.45, 2.75) is 58.1 Å². The normalized spacial score (nSPS) is 32.0. The fraction of sp³-hybridized carbons (Fsp3) is 0.667. The van der Waals surface area contributed by atoms with Crippen molar-refractivity contribution in [2.75, 3.05) is 6.54 Å². The summed E-state index contributed by atoms with van der Waals surface area (Å²) in [5.41, 5.74) is 3.25. The number of rotatable bonds is 3. The van der Waals surface area contributed by atoms with Crippen LogP contribution >= 0.6 is 0 Å². The van der Waals surface area contributed by atoms with Crippen molar-refractivity contribution in [3.05, 3.63) is 35.4 Å². The molecule has 2 heteroatoms. The molecule has 0 saturated heterocycles. The Morgan fingerprint density at radius 2 is 2.05 bits per heavy atom. The largest absolute Gasteiger partial charge is 0.393 e. The van der Waals surface area contributed by atoms with Crippen LogP contribution in [0.1, 0.15) is 56.7 Å². The highest BCUT2D eigenvalue weighted by Crippen LogP contribution is 2.43. The lowest BCUT2D eigenvalue weighted by molar-refractivity contribution is 0.120. The summed E-state index contributed by atoms with van der Waals surface area (Å²) >= 11 is 0. The number of nitrogens with one attached hydrogen (secondary N) is 1. The van der Waals surface area contributed by atoms with E-state index in [9.17, 15) is 5.11 Å². The summed E-state index contributed by atoms with van der Waals surface area (Å²) in [6, 6.07) is 9.26. The molecule has 3 atom stereocenters. The van der Waals surface area contributed by atoms with Gasteiger partial charge in [-0.25, -0.2) is 0 Å². The molecule has 0 aliphatic heterocycles. The third-order valence-electron chi connectivity index (χ3n) is 5.39. The summed E-state index contributed by atoms with van der Waals surface area (Å²) < 4.78 is 0. The maximum atomic E-state index is 10.0. The maximum absolute atomic E-state index is 10.0. The van der Waals surface area contributed by atoms with E-state index < -0.39 is 0 Å². The van der Waals surface area contributed by atoms with Gasteiger partial charge < -0.3 is 10.4 Å². The van der Waals surface area contributed by atoms with Gasteiger partial charge in [-0.2, -0.15) is 0 Å². The van der Waals surface area contributed by atoms with E-state index in [1.807, 2.05) is 0 Å². The zero-order chi connectivity index (χ0) is 14.2. The molecule has 0 aromatic heterocycles. The van der Waals surface area contributed by atoms with Gasteiger partial charge in [0.25, 0.3) is 0 Å². The maximum Gasteiger partial charge on any atom is 0.0580 e. The van der Waals surface area contributed by atoms with Crippen molar-refractivity contribution in [1.82, 2.24) is 5.32 Å². The molecule has 0 spiro atoms. The second-order valence-electron chi connectivity index (χ2n) is 7.29. The topological polar surface area (TPSA) is 32.3 Å². The Morgan fingerprint density at radius 3 is 2.80 bits per heavy atom. The monoisotopic (exact) mass is 273 g/mol. The first-order valence-electron chi connectivity index (χ1n) is 8.07. The van der Waals surface area contributed by atoms with E-state index in [0.29, 0.717) is 12.0 Å². The molecule has 3 unspecified atom stereocenters. The zero-order valence-corrected chi connectivity index (χ0v) is 12.7. The molecule has 1 fully saturated rings. The molecule has 0 amide bonds. The van der Waals surface area contributed by atoms with E-state index in [0.717, 1.165) is 13.0 Å². The highest BCUT2D eigenvalue weighted by Gasteiger charge is 2.36. The second-order valence-corrected chi connectivity index (χ2v) is 7.29. The van der Waals surface area contributed by atoms with Gasteiger partial charge in [0.05, 0.1) is 6.10 Å². The van der Waals surface area contributed by atoms with E-state index in [1.165, 1.54) is 36.8 Å². The molecule has 2 aliphatic carbocycles. The van der Waals surface area contributed by atoms with E-state index in [-0.39, 0.29) is 11.5 Å². The molecule has 0 heterocycles. The van der Waals surface area contributed by atoms with Crippen molar-refractivity contribution < 1.29 is 5.11 Å². The Balaban J connectivity index is 1.76. The number of aliphatic hydroxyl groups excluding tert-OH is 1. The summed E-state index contributed by atoms with van der Waals surface area (Å²) in [6.07, 6.45) is 5.66. The summed E-state index contributed by atoms with van der Waals surface area (Å²) in [5.74, 6) is 0.444. The van der Waals surface area contributed by atoms with Gasteiger partial charge in [-0.3, -0.25) is 0 Å². The van der Waals surface area contributed by atoms with E-state index in [1.54, 1.807) is 0 Å². The Hall–Kier alpha value is -0.860. The number of fused-ring (bicyclic) bond motifs is 1. The van der Waals surface area contributed by atoms with Crippen molar-refractivity contribution >= 4 is 0 Å². The second kappa shape index (κ2) is 5.50. The first-order chi connectivity index (χ1) is 9.58. The Bertz CT molecular complexity index is 468. The molecule has 1 aromatic carbocycles. The van der Waals surface area contributed by atoms with Crippen molar-refractivity contribution in [3.63, 3.8) is 0 Å². The van der Waals surface area contributed by atoms with Crippen LogP contribution in [0.25, 0.3) is 0 Å². The average Bonchev–Trinajstić information content (AvgIpc) is 2.83. The van der Waals surface area contributed by atoms with Crippen LogP contribution in [0.15, 0.2) is 24.3 Å². The molecule has 2 N–H and O–H groups in total. The third-order valence-corrected chi connectivity index (χ3v) is 5.39. The average molecular weight is 273 g/mol. The van der Waals surface area contributed by atoms with E-state index in [2.05, 4.69) is 43.4 Å². The number of benzene rings is 1. The predicted octanol–water partition coefficient (Wildman–Crippen LogP) is 3.45. The third kappa shape index (κ3) is 2.64. The van der Waals surface area contributed by atoms with Gasteiger partial charge in [-0.1, -0.05) is 44.5 Å². The van der Waals surface area contributed by atoms with Crippen LogP contribution in [0, 0.1) is 11.3 Å². The Kier molecular flexibility index (Phi) is 3.87. The lowest BCUT2D eigenvalue weighted by Crippen LogP contribution is -2.41. The van der Waals surface area contributed by atoms with Gasteiger partial charge in [0, 0.05) is 12.6 Å². The van der Waals surface area contributed by atoms with Crippen molar-refractivity contribution in [3.8, 4) is 0 Å². The molecule has 110 valence electrons. The number of aliphatic hydroxyl groups is 1. The van der Waals surface area contributed by atoms with E-state index in [4.69, 9.17) is 0 Å². The van der Waals surface area contributed by atoms with Gasteiger partial charge in [0.15, 0.2) is 0 Å². The highest BCUT2D eigenvalue weighted by atomic mass is 16.3. The van der Waals surface area contributed by atoms with Crippen molar-refractivity contribution in [1.29, 1.82) is 0 Å². The molecular formula is C18H27NO. The SMILES string of the molecule is CC1(C)CCc2ccccc2C1NCC1CCCC1O. The Labute approximate surface area is 122 Å². The minimum atomic E-state index is -0.0931. The minimum Gasteiger partial charge on any atom is -0.393 e. The molecule has 0 bridgehead atoms. The van der Waals surface area contributed by atoms with Crippen LogP contribution in [0.5, 0.6) is 0 Å². The van der Waals surface area contributed by atoms with Crippen LogP contribution in [0.2, 0.25) is 0 Å².